The van der Waals surface area contributed by atoms with Gasteiger partial charge < -0.3 is 15.2 Å². The Bertz CT molecular complexity index is 514. The molecule has 2 N–H and O–H groups in total. The smallest absolute Gasteiger partial charge is 0.326 e. The number of benzene rings is 1. The van der Waals surface area contributed by atoms with E-state index in [1.54, 1.807) is 51.1 Å². The van der Waals surface area contributed by atoms with Crippen LogP contribution in [0.25, 0.3) is 0 Å². The lowest BCUT2D eigenvalue weighted by Crippen LogP contribution is -2.49. The van der Waals surface area contributed by atoms with Gasteiger partial charge in [-0.25, -0.2) is 4.79 Å². The summed E-state index contributed by atoms with van der Waals surface area (Å²) in [6, 6.07) is 5.54. The number of rotatable bonds is 6. The van der Waals surface area contributed by atoms with Gasteiger partial charge in [0.25, 0.3) is 5.91 Å². The molecule has 0 radical (unpaired) electrons. The zero-order valence-corrected chi connectivity index (χ0v) is 12.6. The second kappa shape index (κ2) is 6.92. The van der Waals surface area contributed by atoms with Crippen LogP contribution >= 0.6 is 0 Å². The molecule has 5 nitrogen and oxygen atoms in total. The largest absolute Gasteiger partial charge is 0.490 e. The lowest BCUT2D eigenvalue weighted by Gasteiger charge is -2.27. The minimum atomic E-state index is -1.05. The van der Waals surface area contributed by atoms with Crippen molar-refractivity contribution in [3.63, 3.8) is 0 Å². The molecule has 114 valence electrons. The van der Waals surface area contributed by atoms with Gasteiger partial charge in [-0.1, -0.05) is 33.4 Å². The molecule has 0 spiro atoms. The van der Waals surface area contributed by atoms with E-state index in [0.29, 0.717) is 17.9 Å². The summed E-state index contributed by atoms with van der Waals surface area (Å²) in [5.74, 6) is -0.855. The van der Waals surface area contributed by atoms with E-state index in [4.69, 9.17) is 4.74 Å². The highest BCUT2D eigenvalue weighted by Gasteiger charge is 2.32. The van der Waals surface area contributed by atoms with Gasteiger partial charge in [0.2, 0.25) is 0 Å². The topological polar surface area (TPSA) is 75.6 Å². The Balaban J connectivity index is 2.79. The van der Waals surface area contributed by atoms with Crippen molar-refractivity contribution in [2.24, 2.45) is 5.41 Å². The van der Waals surface area contributed by atoms with Crippen molar-refractivity contribution in [2.45, 2.75) is 26.8 Å². The number of carbonyl (C=O) groups is 2. The number of ether oxygens (including phenoxy) is 1. The van der Waals surface area contributed by atoms with Crippen LogP contribution in [-0.4, -0.2) is 29.6 Å². The fraction of sp³-hybridized carbons (Fsp3) is 0.375. The first-order valence-corrected chi connectivity index (χ1v) is 6.63. The highest BCUT2D eigenvalue weighted by Crippen LogP contribution is 2.20. The van der Waals surface area contributed by atoms with Crippen molar-refractivity contribution in [3.8, 4) is 5.75 Å². The highest BCUT2D eigenvalue weighted by molar-refractivity contribution is 5.96. The van der Waals surface area contributed by atoms with Crippen LogP contribution in [0.5, 0.6) is 5.75 Å². The van der Waals surface area contributed by atoms with E-state index in [0.717, 1.165) is 0 Å². The molecular weight excluding hydrogens is 270 g/mol. The Labute approximate surface area is 124 Å². The van der Waals surface area contributed by atoms with Crippen LogP contribution in [0.1, 0.15) is 31.1 Å². The molecule has 0 fully saturated rings. The molecule has 1 aromatic carbocycles. The third kappa shape index (κ3) is 4.95. The van der Waals surface area contributed by atoms with Gasteiger partial charge in [0, 0.05) is 5.56 Å². The van der Waals surface area contributed by atoms with Crippen molar-refractivity contribution in [3.05, 3.63) is 42.5 Å². The number of carboxylic acids is 1. The van der Waals surface area contributed by atoms with Crippen molar-refractivity contribution >= 4 is 11.9 Å². The Kier molecular flexibility index (Phi) is 5.52. The second-order valence-corrected chi connectivity index (χ2v) is 5.73. The molecule has 0 aromatic heterocycles. The first kappa shape index (κ1) is 16.8. The molecule has 0 heterocycles. The predicted octanol–water partition coefficient (Wildman–Crippen LogP) is 2.48. The van der Waals surface area contributed by atoms with Crippen LogP contribution in [0.3, 0.4) is 0 Å². The monoisotopic (exact) mass is 291 g/mol. The number of amides is 1. The molecule has 0 aliphatic carbocycles. The molecule has 0 unspecified atom stereocenters. The Morgan fingerprint density at radius 2 is 1.90 bits per heavy atom. The first-order valence-electron chi connectivity index (χ1n) is 6.63. The average molecular weight is 291 g/mol. The number of hydrogen-bond donors (Lipinski definition) is 2. The van der Waals surface area contributed by atoms with Gasteiger partial charge in [0.05, 0.1) is 0 Å². The van der Waals surface area contributed by atoms with Crippen molar-refractivity contribution in [1.29, 1.82) is 0 Å². The normalized spacial score (nSPS) is 12.3. The molecule has 0 aliphatic heterocycles. The van der Waals surface area contributed by atoms with Crippen LogP contribution in [0.2, 0.25) is 0 Å². The maximum atomic E-state index is 12.1. The Morgan fingerprint density at radius 1 is 1.33 bits per heavy atom. The zero-order chi connectivity index (χ0) is 16.0. The number of aliphatic carboxylic acids is 1. The van der Waals surface area contributed by atoms with Crippen molar-refractivity contribution < 1.29 is 19.4 Å². The number of nitrogens with one attached hydrogen (secondary N) is 1. The fourth-order valence-corrected chi connectivity index (χ4v) is 1.72. The highest BCUT2D eigenvalue weighted by atomic mass is 16.5. The summed E-state index contributed by atoms with van der Waals surface area (Å²) in [5, 5.41) is 11.7. The van der Waals surface area contributed by atoms with E-state index in [1.165, 1.54) is 0 Å². The summed E-state index contributed by atoms with van der Waals surface area (Å²) >= 11 is 0. The molecule has 1 rings (SSSR count). The minimum absolute atomic E-state index is 0.386. The van der Waals surface area contributed by atoms with Crippen LogP contribution in [-0.2, 0) is 4.79 Å². The lowest BCUT2D eigenvalue weighted by atomic mass is 9.86. The summed E-state index contributed by atoms with van der Waals surface area (Å²) in [6.07, 6.45) is 1.63. The summed E-state index contributed by atoms with van der Waals surface area (Å²) in [6.45, 7) is 9.22. The molecule has 0 aliphatic rings. The summed E-state index contributed by atoms with van der Waals surface area (Å²) in [5.41, 5.74) is -0.189. The molecular formula is C16H21NO4. The quantitative estimate of drug-likeness (QED) is 0.790. The summed E-state index contributed by atoms with van der Waals surface area (Å²) < 4.78 is 5.32. The standard InChI is InChI=1S/C16H21NO4/c1-5-10-21-12-8-6-11(7-9-12)14(18)17-13(15(19)20)16(2,3)4/h5-9,13H,1,10H2,2-4H3,(H,17,18)(H,19,20)/t13-/m0/s1. The van der Waals surface area contributed by atoms with Gasteiger partial charge in [0.15, 0.2) is 0 Å². The number of carbonyl (C=O) groups excluding carboxylic acids is 1. The zero-order valence-electron chi connectivity index (χ0n) is 12.6. The van der Waals surface area contributed by atoms with Crippen LogP contribution in [0.15, 0.2) is 36.9 Å². The van der Waals surface area contributed by atoms with Crippen molar-refractivity contribution in [2.75, 3.05) is 6.61 Å². The summed E-state index contributed by atoms with van der Waals surface area (Å²) in [4.78, 5) is 23.3. The molecule has 0 saturated heterocycles. The van der Waals surface area contributed by atoms with Gasteiger partial charge in [-0.05, 0) is 29.7 Å². The lowest BCUT2D eigenvalue weighted by molar-refractivity contribution is -0.142. The molecule has 21 heavy (non-hydrogen) atoms. The molecule has 1 aromatic rings. The van der Waals surface area contributed by atoms with Crippen LogP contribution in [0, 0.1) is 5.41 Å². The SMILES string of the molecule is C=CCOc1ccc(C(=O)N[C@@H](C(=O)O)C(C)(C)C)cc1. The van der Waals surface area contributed by atoms with Gasteiger partial charge in [-0.2, -0.15) is 0 Å². The van der Waals surface area contributed by atoms with Gasteiger partial charge in [-0.15, -0.1) is 0 Å². The Morgan fingerprint density at radius 3 is 2.33 bits per heavy atom. The minimum Gasteiger partial charge on any atom is -0.490 e. The molecule has 0 bridgehead atoms. The predicted molar refractivity (Wildman–Crippen MR) is 80.5 cm³/mol. The molecule has 5 heteroatoms. The summed E-state index contributed by atoms with van der Waals surface area (Å²) in [7, 11) is 0. The Hall–Kier alpha value is -2.30. The number of carboxylic acid groups (broad SMARTS) is 1. The van der Waals surface area contributed by atoms with E-state index in [2.05, 4.69) is 11.9 Å². The van der Waals surface area contributed by atoms with Gasteiger partial charge in [0.1, 0.15) is 18.4 Å². The van der Waals surface area contributed by atoms with E-state index < -0.39 is 23.3 Å². The third-order valence-corrected chi connectivity index (χ3v) is 2.87. The van der Waals surface area contributed by atoms with E-state index in [9.17, 15) is 14.7 Å². The maximum Gasteiger partial charge on any atom is 0.326 e. The second-order valence-electron chi connectivity index (χ2n) is 5.73. The van der Waals surface area contributed by atoms with Crippen LogP contribution < -0.4 is 10.1 Å². The van der Waals surface area contributed by atoms with Gasteiger partial charge in [-0.3, -0.25) is 4.79 Å². The van der Waals surface area contributed by atoms with E-state index in [1.807, 2.05) is 0 Å². The van der Waals surface area contributed by atoms with E-state index in [-0.39, 0.29) is 0 Å². The van der Waals surface area contributed by atoms with E-state index >= 15 is 0 Å². The molecule has 1 amide bonds. The molecule has 0 saturated carbocycles. The number of hydrogen-bond acceptors (Lipinski definition) is 3. The third-order valence-electron chi connectivity index (χ3n) is 2.87. The van der Waals surface area contributed by atoms with Gasteiger partial charge >= 0.3 is 5.97 Å². The molecule has 1 atom stereocenters. The fourth-order valence-electron chi connectivity index (χ4n) is 1.72. The van der Waals surface area contributed by atoms with Crippen molar-refractivity contribution in [1.82, 2.24) is 5.32 Å². The average Bonchev–Trinajstić information content (AvgIpc) is 2.41. The van der Waals surface area contributed by atoms with Crippen LogP contribution in [0.4, 0.5) is 0 Å². The maximum absolute atomic E-state index is 12.1. The first-order chi connectivity index (χ1) is 9.75.